The van der Waals surface area contributed by atoms with Crippen molar-refractivity contribution in [3.05, 3.63) is 42.1 Å². The number of para-hydroxylation sites is 1. The van der Waals surface area contributed by atoms with Crippen molar-refractivity contribution >= 4 is 17.5 Å². The molecule has 1 aromatic rings. The SMILES string of the molecule is CCN(C(=O)CN1CCC[C@@H](C(=O)Nc2ccccc2)C1)C1=CCCC1. The van der Waals surface area contributed by atoms with Gasteiger partial charge in [-0.05, 0) is 57.7 Å². The molecule has 1 aliphatic heterocycles. The predicted molar refractivity (Wildman–Crippen MR) is 104 cm³/mol. The molecule has 0 spiro atoms. The molecule has 2 amide bonds. The maximum absolute atomic E-state index is 12.7. The molecule has 1 aromatic carbocycles. The zero-order chi connectivity index (χ0) is 18.4. The van der Waals surface area contributed by atoms with Crippen LogP contribution in [0.2, 0.25) is 0 Å². The van der Waals surface area contributed by atoms with E-state index in [2.05, 4.69) is 16.3 Å². The van der Waals surface area contributed by atoms with Crippen LogP contribution in [-0.4, -0.2) is 47.8 Å². The average Bonchev–Trinajstić information content (AvgIpc) is 3.17. The molecule has 0 aromatic heterocycles. The lowest BCUT2D eigenvalue weighted by atomic mass is 9.97. The van der Waals surface area contributed by atoms with Crippen LogP contribution in [0.5, 0.6) is 0 Å². The Bertz CT molecular complexity index is 656. The van der Waals surface area contributed by atoms with Gasteiger partial charge in [-0.1, -0.05) is 24.3 Å². The first-order valence-electron chi connectivity index (χ1n) is 9.75. The van der Waals surface area contributed by atoms with Crippen molar-refractivity contribution in [2.45, 2.75) is 39.0 Å². The smallest absolute Gasteiger partial charge is 0.240 e. The Morgan fingerprint density at radius 2 is 2.04 bits per heavy atom. The van der Waals surface area contributed by atoms with Gasteiger partial charge in [0.15, 0.2) is 0 Å². The molecule has 1 N–H and O–H groups in total. The topological polar surface area (TPSA) is 52.7 Å². The lowest BCUT2D eigenvalue weighted by Gasteiger charge is -2.33. The largest absolute Gasteiger partial charge is 0.326 e. The Kier molecular flexibility index (Phi) is 6.45. The molecule has 0 radical (unpaired) electrons. The van der Waals surface area contributed by atoms with E-state index in [0.29, 0.717) is 13.1 Å². The summed E-state index contributed by atoms with van der Waals surface area (Å²) in [6, 6.07) is 9.56. The van der Waals surface area contributed by atoms with Crippen LogP contribution in [0.3, 0.4) is 0 Å². The van der Waals surface area contributed by atoms with E-state index in [0.717, 1.165) is 50.9 Å². The first kappa shape index (κ1) is 18.6. The summed E-state index contributed by atoms with van der Waals surface area (Å²) in [5, 5.41) is 2.99. The minimum atomic E-state index is -0.0578. The first-order chi connectivity index (χ1) is 12.7. The Hall–Kier alpha value is -2.14. The number of carbonyl (C=O) groups is 2. The van der Waals surface area contributed by atoms with Gasteiger partial charge in [0.1, 0.15) is 0 Å². The zero-order valence-corrected chi connectivity index (χ0v) is 15.6. The first-order valence-corrected chi connectivity index (χ1v) is 9.75. The molecule has 3 rings (SSSR count). The van der Waals surface area contributed by atoms with E-state index in [4.69, 9.17) is 0 Å². The van der Waals surface area contributed by atoms with Crippen molar-refractivity contribution in [2.75, 3.05) is 31.5 Å². The van der Waals surface area contributed by atoms with Crippen molar-refractivity contribution in [3.8, 4) is 0 Å². The van der Waals surface area contributed by atoms with Crippen LogP contribution in [0.1, 0.15) is 39.0 Å². The standard InChI is InChI=1S/C21H29N3O2/c1-2-24(19-12-6-7-13-19)20(25)16-23-14-8-9-17(15-23)21(26)22-18-10-4-3-5-11-18/h3-5,10-12,17H,2,6-9,13-16H2,1H3,(H,22,26)/t17-/m1/s1. The number of benzene rings is 1. The highest BCUT2D eigenvalue weighted by Crippen LogP contribution is 2.23. The van der Waals surface area contributed by atoms with Gasteiger partial charge in [-0.15, -0.1) is 0 Å². The molecule has 0 saturated carbocycles. The molecular formula is C21H29N3O2. The third-order valence-corrected chi connectivity index (χ3v) is 5.26. The molecule has 0 unspecified atom stereocenters. The zero-order valence-electron chi connectivity index (χ0n) is 15.6. The number of amides is 2. The third-order valence-electron chi connectivity index (χ3n) is 5.26. The van der Waals surface area contributed by atoms with Crippen molar-refractivity contribution in [1.29, 1.82) is 0 Å². The Morgan fingerprint density at radius 1 is 1.23 bits per heavy atom. The van der Waals surface area contributed by atoms with Crippen molar-refractivity contribution in [2.24, 2.45) is 5.92 Å². The quantitative estimate of drug-likeness (QED) is 0.852. The number of likely N-dealkylation sites (tertiary alicyclic amines) is 1. The number of allylic oxidation sites excluding steroid dienone is 2. The van der Waals surface area contributed by atoms with Crippen LogP contribution in [0.4, 0.5) is 5.69 Å². The van der Waals surface area contributed by atoms with Crippen LogP contribution < -0.4 is 5.32 Å². The fourth-order valence-corrected chi connectivity index (χ4v) is 3.89. The molecule has 26 heavy (non-hydrogen) atoms. The number of carbonyl (C=O) groups excluding carboxylic acids is 2. The van der Waals surface area contributed by atoms with Gasteiger partial charge in [-0.2, -0.15) is 0 Å². The van der Waals surface area contributed by atoms with E-state index in [9.17, 15) is 9.59 Å². The van der Waals surface area contributed by atoms with Gasteiger partial charge in [0.25, 0.3) is 0 Å². The molecule has 0 bridgehead atoms. The Morgan fingerprint density at radius 3 is 2.73 bits per heavy atom. The molecular weight excluding hydrogens is 326 g/mol. The van der Waals surface area contributed by atoms with Crippen molar-refractivity contribution in [3.63, 3.8) is 0 Å². The summed E-state index contributed by atoms with van der Waals surface area (Å²) >= 11 is 0. The molecule has 1 heterocycles. The third kappa shape index (κ3) is 4.73. The summed E-state index contributed by atoms with van der Waals surface area (Å²) in [5.41, 5.74) is 2.00. The Balaban J connectivity index is 1.54. The molecule has 5 nitrogen and oxygen atoms in total. The summed E-state index contributed by atoms with van der Waals surface area (Å²) in [4.78, 5) is 29.4. The summed E-state index contributed by atoms with van der Waals surface area (Å²) < 4.78 is 0. The lowest BCUT2D eigenvalue weighted by molar-refractivity contribution is -0.132. The van der Waals surface area contributed by atoms with Crippen LogP contribution >= 0.6 is 0 Å². The number of nitrogens with one attached hydrogen (secondary N) is 1. The van der Waals surface area contributed by atoms with Gasteiger partial charge >= 0.3 is 0 Å². The molecule has 1 fully saturated rings. The van der Waals surface area contributed by atoms with E-state index in [-0.39, 0.29) is 17.7 Å². The number of piperidine rings is 1. The van der Waals surface area contributed by atoms with E-state index in [1.54, 1.807) is 0 Å². The van der Waals surface area contributed by atoms with Crippen molar-refractivity contribution in [1.82, 2.24) is 9.80 Å². The number of hydrogen-bond donors (Lipinski definition) is 1. The molecule has 5 heteroatoms. The molecule has 1 atom stereocenters. The van der Waals surface area contributed by atoms with Crippen LogP contribution in [0, 0.1) is 5.92 Å². The Labute approximate surface area is 156 Å². The summed E-state index contributed by atoms with van der Waals surface area (Å²) in [7, 11) is 0. The molecule has 2 aliphatic rings. The van der Waals surface area contributed by atoms with Gasteiger partial charge in [-0.25, -0.2) is 0 Å². The minimum absolute atomic E-state index is 0.0548. The van der Waals surface area contributed by atoms with Crippen LogP contribution in [-0.2, 0) is 9.59 Å². The highest BCUT2D eigenvalue weighted by atomic mass is 16.2. The molecule has 140 valence electrons. The van der Waals surface area contributed by atoms with E-state index >= 15 is 0 Å². The van der Waals surface area contributed by atoms with Gasteiger partial charge in [0.2, 0.25) is 11.8 Å². The van der Waals surface area contributed by atoms with Gasteiger partial charge < -0.3 is 10.2 Å². The van der Waals surface area contributed by atoms with Crippen LogP contribution in [0.15, 0.2) is 42.1 Å². The second-order valence-electron chi connectivity index (χ2n) is 7.16. The highest BCUT2D eigenvalue weighted by molar-refractivity contribution is 5.92. The number of rotatable bonds is 6. The number of likely N-dealkylation sites (N-methyl/N-ethyl adjacent to an activating group) is 1. The van der Waals surface area contributed by atoms with E-state index in [1.165, 1.54) is 5.70 Å². The van der Waals surface area contributed by atoms with E-state index in [1.807, 2.05) is 42.2 Å². The highest BCUT2D eigenvalue weighted by Gasteiger charge is 2.28. The summed E-state index contributed by atoms with van der Waals surface area (Å²) in [6.45, 7) is 4.69. The van der Waals surface area contributed by atoms with Crippen molar-refractivity contribution < 1.29 is 9.59 Å². The summed E-state index contributed by atoms with van der Waals surface area (Å²) in [5.74, 6) is 0.154. The normalized spacial score (nSPS) is 20.5. The maximum atomic E-state index is 12.7. The number of hydrogen-bond acceptors (Lipinski definition) is 3. The molecule has 1 saturated heterocycles. The fourth-order valence-electron chi connectivity index (χ4n) is 3.89. The van der Waals surface area contributed by atoms with Crippen LogP contribution in [0.25, 0.3) is 0 Å². The second kappa shape index (κ2) is 8.99. The van der Waals surface area contributed by atoms with Gasteiger partial charge in [0, 0.05) is 24.5 Å². The lowest BCUT2D eigenvalue weighted by Crippen LogP contribution is -2.46. The monoisotopic (exact) mass is 355 g/mol. The average molecular weight is 355 g/mol. The maximum Gasteiger partial charge on any atom is 0.240 e. The minimum Gasteiger partial charge on any atom is -0.326 e. The van der Waals surface area contributed by atoms with Gasteiger partial charge in [0.05, 0.1) is 12.5 Å². The fraction of sp³-hybridized carbons (Fsp3) is 0.524. The molecule has 1 aliphatic carbocycles. The summed E-state index contributed by atoms with van der Waals surface area (Å²) in [6.07, 6.45) is 7.24. The number of nitrogens with zero attached hydrogens (tertiary/aromatic N) is 2. The number of anilines is 1. The van der Waals surface area contributed by atoms with E-state index < -0.39 is 0 Å². The second-order valence-corrected chi connectivity index (χ2v) is 7.16. The predicted octanol–water partition coefficient (Wildman–Crippen LogP) is 3.25. The van der Waals surface area contributed by atoms with Gasteiger partial charge in [-0.3, -0.25) is 14.5 Å².